The molecule has 4 rings (SSSR count). The Balaban J connectivity index is 1.56. The second-order valence-electron chi connectivity index (χ2n) is 6.69. The molecule has 0 aliphatic heterocycles. The number of hydrogen-bond donors (Lipinski definition) is 1. The largest absolute Gasteiger partial charge is 0.324 e. The third kappa shape index (κ3) is 3.92. The quantitative estimate of drug-likeness (QED) is 0.529. The first kappa shape index (κ1) is 19.7. The molecule has 10 heteroatoms. The van der Waals surface area contributed by atoms with E-state index in [1.165, 1.54) is 23.1 Å². The van der Waals surface area contributed by atoms with Crippen LogP contribution in [-0.2, 0) is 17.9 Å². The molecule has 30 heavy (non-hydrogen) atoms. The highest BCUT2D eigenvalue weighted by atomic mass is 35.5. The van der Waals surface area contributed by atoms with Crippen molar-refractivity contribution < 1.29 is 9.18 Å². The van der Waals surface area contributed by atoms with Crippen LogP contribution in [0.2, 0.25) is 5.02 Å². The highest BCUT2D eigenvalue weighted by Crippen LogP contribution is 2.22. The molecule has 8 nitrogen and oxygen atoms in total. The molecule has 0 aliphatic carbocycles. The SMILES string of the molecule is Cc1c(Cl)cccc1NC(=O)Cn1cnc2c(nnn2Cc2cccc(F)c2)c1=O. The molecule has 2 aromatic carbocycles. The Hall–Kier alpha value is -3.59. The van der Waals surface area contributed by atoms with Gasteiger partial charge in [0.25, 0.3) is 5.56 Å². The molecule has 4 aromatic rings. The first-order chi connectivity index (χ1) is 14.4. The first-order valence-electron chi connectivity index (χ1n) is 9.00. The van der Waals surface area contributed by atoms with Gasteiger partial charge in [-0.05, 0) is 42.3 Å². The summed E-state index contributed by atoms with van der Waals surface area (Å²) in [5, 5.41) is 11.1. The Kier molecular flexibility index (Phi) is 5.28. The fourth-order valence-corrected chi connectivity index (χ4v) is 3.18. The molecule has 0 saturated carbocycles. The summed E-state index contributed by atoms with van der Waals surface area (Å²) in [6, 6.07) is 11.2. The average Bonchev–Trinajstić information content (AvgIpc) is 3.11. The molecule has 1 N–H and O–H groups in total. The zero-order chi connectivity index (χ0) is 21.3. The van der Waals surface area contributed by atoms with Gasteiger partial charge in [-0.1, -0.05) is 35.0 Å². The van der Waals surface area contributed by atoms with Crippen LogP contribution in [0.1, 0.15) is 11.1 Å². The van der Waals surface area contributed by atoms with Gasteiger partial charge < -0.3 is 5.32 Å². The number of carbonyl (C=O) groups is 1. The summed E-state index contributed by atoms with van der Waals surface area (Å²) in [6.45, 7) is 1.75. The maximum absolute atomic E-state index is 13.4. The molecule has 2 aromatic heterocycles. The fourth-order valence-electron chi connectivity index (χ4n) is 3.00. The lowest BCUT2D eigenvalue weighted by Gasteiger charge is -2.10. The van der Waals surface area contributed by atoms with Gasteiger partial charge in [0.05, 0.1) is 6.54 Å². The normalized spacial score (nSPS) is 11.0. The van der Waals surface area contributed by atoms with Gasteiger partial charge in [0.15, 0.2) is 11.2 Å². The lowest BCUT2D eigenvalue weighted by molar-refractivity contribution is -0.116. The van der Waals surface area contributed by atoms with E-state index in [1.807, 2.05) is 0 Å². The number of nitrogens with one attached hydrogen (secondary N) is 1. The molecule has 0 atom stereocenters. The van der Waals surface area contributed by atoms with Crippen molar-refractivity contribution in [2.24, 2.45) is 0 Å². The van der Waals surface area contributed by atoms with Gasteiger partial charge in [0.2, 0.25) is 5.91 Å². The third-order valence-corrected chi connectivity index (χ3v) is 4.98. The van der Waals surface area contributed by atoms with Crippen molar-refractivity contribution in [1.82, 2.24) is 24.5 Å². The van der Waals surface area contributed by atoms with E-state index in [2.05, 4.69) is 20.6 Å². The highest BCUT2D eigenvalue weighted by molar-refractivity contribution is 6.31. The van der Waals surface area contributed by atoms with Crippen LogP contribution >= 0.6 is 11.6 Å². The van der Waals surface area contributed by atoms with Crippen LogP contribution in [0.15, 0.2) is 53.6 Å². The number of aromatic nitrogens is 5. The maximum atomic E-state index is 13.4. The van der Waals surface area contributed by atoms with Gasteiger partial charge in [-0.3, -0.25) is 14.2 Å². The predicted octanol–water partition coefficient (Wildman–Crippen LogP) is 2.78. The number of fused-ring (bicyclic) bond motifs is 1. The lowest BCUT2D eigenvalue weighted by atomic mass is 10.2. The summed E-state index contributed by atoms with van der Waals surface area (Å²) in [5.41, 5.74) is 1.74. The second-order valence-corrected chi connectivity index (χ2v) is 7.09. The van der Waals surface area contributed by atoms with Gasteiger partial charge in [0.1, 0.15) is 18.7 Å². The van der Waals surface area contributed by atoms with Gasteiger partial charge in [-0.2, -0.15) is 0 Å². The van der Waals surface area contributed by atoms with Crippen LogP contribution in [-0.4, -0.2) is 30.5 Å². The zero-order valence-corrected chi connectivity index (χ0v) is 16.6. The number of nitrogens with zero attached hydrogens (tertiary/aromatic N) is 5. The summed E-state index contributed by atoms with van der Waals surface area (Å²) >= 11 is 6.06. The Bertz CT molecular complexity index is 1320. The van der Waals surface area contributed by atoms with E-state index < -0.39 is 11.5 Å². The molecular weight excluding hydrogens is 411 g/mol. The minimum Gasteiger partial charge on any atom is -0.324 e. The molecule has 0 radical (unpaired) electrons. The Morgan fingerprint density at radius 2 is 2.03 bits per heavy atom. The Morgan fingerprint density at radius 3 is 2.83 bits per heavy atom. The summed E-state index contributed by atoms with van der Waals surface area (Å²) in [6.07, 6.45) is 1.26. The second kappa shape index (κ2) is 8.03. The highest BCUT2D eigenvalue weighted by Gasteiger charge is 2.15. The van der Waals surface area contributed by atoms with Gasteiger partial charge in [-0.15, -0.1) is 5.10 Å². The van der Waals surface area contributed by atoms with E-state index in [0.717, 1.165) is 10.1 Å². The summed E-state index contributed by atoms with van der Waals surface area (Å²) in [5.74, 6) is -0.774. The summed E-state index contributed by atoms with van der Waals surface area (Å²) in [4.78, 5) is 29.3. The van der Waals surface area contributed by atoms with Crippen molar-refractivity contribution in [3.05, 3.63) is 81.1 Å². The molecule has 0 spiro atoms. The van der Waals surface area contributed by atoms with Gasteiger partial charge in [0, 0.05) is 10.7 Å². The number of halogens is 2. The van der Waals surface area contributed by atoms with E-state index >= 15 is 0 Å². The first-order valence-corrected chi connectivity index (χ1v) is 9.38. The summed E-state index contributed by atoms with van der Waals surface area (Å²) in [7, 11) is 0. The Labute approximate surface area is 174 Å². The van der Waals surface area contributed by atoms with Crippen LogP contribution in [0.5, 0.6) is 0 Å². The minimum absolute atomic E-state index is 0.0284. The topological polar surface area (TPSA) is 94.7 Å². The van der Waals surface area contributed by atoms with Crippen LogP contribution in [0.25, 0.3) is 11.2 Å². The van der Waals surface area contributed by atoms with Crippen LogP contribution in [0.4, 0.5) is 10.1 Å². The molecule has 0 bridgehead atoms. The average molecular weight is 427 g/mol. The number of rotatable bonds is 5. The van der Waals surface area contributed by atoms with Gasteiger partial charge >= 0.3 is 0 Å². The van der Waals surface area contributed by atoms with Crippen LogP contribution in [0.3, 0.4) is 0 Å². The minimum atomic E-state index is -0.497. The van der Waals surface area contributed by atoms with Crippen molar-refractivity contribution in [1.29, 1.82) is 0 Å². The molecular formula is C20H16ClFN6O2. The van der Waals surface area contributed by atoms with Gasteiger partial charge in [-0.25, -0.2) is 14.1 Å². The number of amides is 1. The number of anilines is 1. The predicted molar refractivity (Wildman–Crippen MR) is 110 cm³/mol. The fraction of sp³-hybridized carbons (Fsp3) is 0.150. The van der Waals surface area contributed by atoms with E-state index in [4.69, 9.17) is 11.6 Å². The number of benzene rings is 2. The lowest BCUT2D eigenvalue weighted by Crippen LogP contribution is -2.28. The molecule has 1 amide bonds. The van der Waals surface area contributed by atoms with Crippen molar-refractivity contribution in [2.75, 3.05) is 5.32 Å². The third-order valence-electron chi connectivity index (χ3n) is 4.57. The smallest absolute Gasteiger partial charge is 0.283 e. The number of carbonyl (C=O) groups excluding carboxylic acids is 1. The van der Waals surface area contributed by atoms with E-state index in [-0.39, 0.29) is 30.1 Å². The molecule has 0 saturated heterocycles. The van der Waals surface area contributed by atoms with Crippen LogP contribution < -0.4 is 10.9 Å². The Morgan fingerprint density at radius 1 is 1.23 bits per heavy atom. The number of hydrogen-bond acceptors (Lipinski definition) is 5. The molecule has 0 unspecified atom stereocenters. The molecule has 0 fully saturated rings. The van der Waals surface area contributed by atoms with Crippen molar-refractivity contribution in [3.63, 3.8) is 0 Å². The van der Waals surface area contributed by atoms with Crippen molar-refractivity contribution in [3.8, 4) is 0 Å². The monoisotopic (exact) mass is 426 g/mol. The van der Waals surface area contributed by atoms with Crippen LogP contribution in [0, 0.1) is 12.7 Å². The van der Waals surface area contributed by atoms with Crippen molar-refractivity contribution >= 4 is 34.4 Å². The van der Waals surface area contributed by atoms with E-state index in [0.29, 0.717) is 16.3 Å². The maximum Gasteiger partial charge on any atom is 0.283 e. The molecule has 152 valence electrons. The standard InChI is InChI=1S/C20H16ClFN6O2/c1-12-15(21)6-3-7-16(12)24-17(29)10-27-11-23-19-18(20(27)30)25-26-28(19)9-13-4-2-5-14(22)8-13/h2-8,11H,9-10H2,1H3,(H,24,29). The molecule has 0 aliphatic rings. The van der Waals surface area contributed by atoms with E-state index in [9.17, 15) is 14.0 Å². The summed E-state index contributed by atoms with van der Waals surface area (Å²) < 4.78 is 16.0. The zero-order valence-electron chi connectivity index (χ0n) is 15.8. The van der Waals surface area contributed by atoms with Crippen molar-refractivity contribution in [2.45, 2.75) is 20.0 Å². The van der Waals surface area contributed by atoms with E-state index in [1.54, 1.807) is 37.3 Å². The molecule has 2 heterocycles.